The van der Waals surface area contributed by atoms with E-state index in [1.54, 1.807) is 0 Å². The molecule has 0 heterocycles. The van der Waals surface area contributed by atoms with Crippen molar-refractivity contribution in [1.29, 1.82) is 0 Å². The molecule has 16 heavy (non-hydrogen) atoms. The number of rotatable bonds is 3. The van der Waals surface area contributed by atoms with Gasteiger partial charge in [-0.05, 0) is 12.1 Å². The molecule has 0 unspecified atom stereocenters. The standard InChI is InChI=1S/C7H5Cl2F2NO3S/c8-3-1-2-4(15-7(10)11)6(5(3)9)16(12,13)14/h1-2,7H,(H2,12,13,14). The number of ether oxygens (including phenoxy) is 1. The molecule has 9 heteroatoms. The molecule has 0 aliphatic rings. The van der Waals surface area contributed by atoms with Crippen LogP contribution in [0.1, 0.15) is 0 Å². The van der Waals surface area contributed by atoms with Crippen LogP contribution in [0.5, 0.6) is 5.75 Å². The zero-order valence-corrected chi connectivity index (χ0v) is 9.78. The second-order valence-electron chi connectivity index (χ2n) is 2.61. The van der Waals surface area contributed by atoms with Crippen molar-refractivity contribution < 1.29 is 21.9 Å². The minimum atomic E-state index is -4.31. The summed E-state index contributed by atoms with van der Waals surface area (Å²) in [5, 5.41) is 4.22. The third-order valence-electron chi connectivity index (χ3n) is 1.51. The molecule has 0 aliphatic carbocycles. The maximum atomic E-state index is 12.0. The Morgan fingerprint density at radius 2 is 1.88 bits per heavy atom. The molecule has 2 N–H and O–H groups in total. The Balaban J connectivity index is 3.46. The molecule has 1 aromatic carbocycles. The molecule has 1 aromatic rings. The van der Waals surface area contributed by atoms with E-state index in [0.29, 0.717) is 0 Å². The van der Waals surface area contributed by atoms with Gasteiger partial charge in [0.05, 0.1) is 10.0 Å². The van der Waals surface area contributed by atoms with Crippen molar-refractivity contribution in [3.63, 3.8) is 0 Å². The van der Waals surface area contributed by atoms with Crippen molar-refractivity contribution in [2.45, 2.75) is 11.5 Å². The maximum Gasteiger partial charge on any atom is 0.387 e. The van der Waals surface area contributed by atoms with Crippen molar-refractivity contribution in [2.24, 2.45) is 5.14 Å². The number of alkyl halides is 2. The average Bonchev–Trinajstić information content (AvgIpc) is 2.08. The van der Waals surface area contributed by atoms with E-state index in [1.807, 2.05) is 0 Å². The maximum absolute atomic E-state index is 12.0. The number of hydrogen-bond acceptors (Lipinski definition) is 3. The van der Waals surface area contributed by atoms with Gasteiger partial charge in [-0.1, -0.05) is 23.2 Å². The highest BCUT2D eigenvalue weighted by molar-refractivity contribution is 7.89. The summed E-state index contributed by atoms with van der Waals surface area (Å²) in [6.07, 6.45) is 0. The highest BCUT2D eigenvalue weighted by Gasteiger charge is 2.23. The lowest BCUT2D eigenvalue weighted by atomic mass is 10.3. The molecule has 0 saturated heterocycles. The van der Waals surface area contributed by atoms with E-state index in [0.717, 1.165) is 12.1 Å². The van der Waals surface area contributed by atoms with Crippen LogP contribution in [0.2, 0.25) is 10.0 Å². The first-order chi connectivity index (χ1) is 7.23. The van der Waals surface area contributed by atoms with Crippen LogP contribution >= 0.6 is 23.2 Å². The van der Waals surface area contributed by atoms with E-state index >= 15 is 0 Å². The summed E-state index contributed by atoms with van der Waals surface area (Å²) in [5.41, 5.74) is 0. The van der Waals surface area contributed by atoms with E-state index in [1.165, 1.54) is 0 Å². The lowest BCUT2D eigenvalue weighted by Crippen LogP contribution is -2.16. The van der Waals surface area contributed by atoms with Gasteiger partial charge in [0.15, 0.2) is 0 Å². The molecule has 0 saturated carbocycles. The first-order valence-electron chi connectivity index (χ1n) is 3.69. The minimum Gasteiger partial charge on any atom is -0.433 e. The van der Waals surface area contributed by atoms with Gasteiger partial charge in [0.2, 0.25) is 10.0 Å². The number of hydrogen-bond donors (Lipinski definition) is 1. The normalized spacial score (nSPS) is 11.9. The summed E-state index contributed by atoms with van der Waals surface area (Å²) in [5.74, 6) is -0.646. The van der Waals surface area contributed by atoms with Gasteiger partial charge in [0.1, 0.15) is 10.6 Å². The van der Waals surface area contributed by atoms with E-state index in [4.69, 9.17) is 28.3 Å². The summed E-state index contributed by atoms with van der Waals surface area (Å²) in [7, 11) is -4.31. The topological polar surface area (TPSA) is 69.4 Å². The fourth-order valence-corrected chi connectivity index (χ4v) is 2.42. The SMILES string of the molecule is NS(=O)(=O)c1c(OC(F)F)ccc(Cl)c1Cl. The van der Waals surface area contributed by atoms with Crippen LogP contribution in [0.4, 0.5) is 8.78 Å². The van der Waals surface area contributed by atoms with Crippen LogP contribution < -0.4 is 9.88 Å². The van der Waals surface area contributed by atoms with Gasteiger partial charge in [-0.2, -0.15) is 8.78 Å². The Hall–Kier alpha value is -0.630. The number of sulfonamides is 1. The van der Waals surface area contributed by atoms with Gasteiger partial charge in [-0.3, -0.25) is 0 Å². The fourth-order valence-electron chi connectivity index (χ4n) is 0.968. The van der Waals surface area contributed by atoms with Crippen molar-refractivity contribution in [3.8, 4) is 5.75 Å². The van der Waals surface area contributed by atoms with Crippen molar-refractivity contribution in [3.05, 3.63) is 22.2 Å². The van der Waals surface area contributed by atoms with Gasteiger partial charge in [-0.25, -0.2) is 13.6 Å². The predicted molar refractivity (Wildman–Crippen MR) is 54.5 cm³/mol. The summed E-state index contributed by atoms with van der Waals surface area (Å²) in [6, 6.07) is 2.07. The lowest BCUT2D eigenvalue weighted by Gasteiger charge is -2.11. The van der Waals surface area contributed by atoms with Crippen LogP contribution in [-0.4, -0.2) is 15.0 Å². The molecule has 0 atom stereocenters. The van der Waals surface area contributed by atoms with E-state index in [2.05, 4.69) is 4.74 Å². The summed E-state index contributed by atoms with van der Waals surface area (Å²) in [6.45, 7) is -3.20. The number of nitrogens with two attached hydrogens (primary N) is 1. The summed E-state index contributed by atoms with van der Waals surface area (Å²) < 4.78 is 50.2. The minimum absolute atomic E-state index is 0.132. The largest absolute Gasteiger partial charge is 0.433 e. The van der Waals surface area contributed by atoms with E-state index in [9.17, 15) is 17.2 Å². The zero-order chi connectivity index (χ0) is 12.5. The van der Waals surface area contributed by atoms with Gasteiger partial charge in [0.25, 0.3) is 0 Å². The first-order valence-corrected chi connectivity index (χ1v) is 5.99. The van der Waals surface area contributed by atoms with Crippen molar-refractivity contribution in [2.75, 3.05) is 0 Å². The van der Waals surface area contributed by atoms with Crippen LogP contribution in [-0.2, 0) is 10.0 Å². The smallest absolute Gasteiger partial charge is 0.387 e. The predicted octanol–water partition coefficient (Wildman–Crippen LogP) is 2.24. The molecular formula is C7H5Cl2F2NO3S. The van der Waals surface area contributed by atoms with Gasteiger partial charge >= 0.3 is 6.61 Å². The molecule has 0 spiro atoms. The molecule has 90 valence electrons. The molecule has 1 rings (SSSR count). The monoisotopic (exact) mass is 291 g/mol. The number of benzene rings is 1. The van der Waals surface area contributed by atoms with Crippen LogP contribution in [0.15, 0.2) is 17.0 Å². The molecule has 0 aliphatic heterocycles. The zero-order valence-electron chi connectivity index (χ0n) is 7.45. The lowest BCUT2D eigenvalue weighted by molar-refractivity contribution is -0.0517. The summed E-state index contributed by atoms with van der Waals surface area (Å²) in [4.78, 5) is -0.762. The molecule has 0 fully saturated rings. The second kappa shape index (κ2) is 4.70. The third kappa shape index (κ3) is 2.94. The number of primary sulfonamides is 1. The fraction of sp³-hybridized carbons (Fsp3) is 0.143. The Morgan fingerprint density at radius 1 is 1.31 bits per heavy atom. The van der Waals surface area contributed by atoms with Gasteiger partial charge in [-0.15, -0.1) is 0 Å². The van der Waals surface area contributed by atoms with Gasteiger partial charge < -0.3 is 4.74 Å². The highest BCUT2D eigenvalue weighted by atomic mass is 35.5. The quantitative estimate of drug-likeness (QED) is 0.928. The van der Waals surface area contributed by atoms with E-state index in [-0.39, 0.29) is 5.02 Å². The first kappa shape index (κ1) is 13.4. The Kier molecular flexibility index (Phi) is 3.95. The Labute approximate surface area is 99.9 Å². The molecule has 4 nitrogen and oxygen atoms in total. The van der Waals surface area contributed by atoms with Crippen LogP contribution in [0.3, 0.4) is 0 Å². The summed E-state index contributed by atoms with van der Waals surface area (Å²) >= 11 is 11.1. The Bertz CT molecular complexity index is 507. The molecule has 0 amide bonds. The molecule has 0 aromatic heterocycles. The van der Waals surface area contributed by atoms with Crippen LogP contribution in [0, 0.1) is 0 Å². The molecule has 0 bridgehead atoms. The van der Waals surface area contributed by atoms with Crippen LogP contribution in [0.25, 0.3) is 0 Å². The van der Waals surface area contributed by atoms with Crippen molar-refractivity contribution in [1.82, 2.24) is 0 Å². The molecular weight excluding hydrogens is 287 g/mol. The second-order valence-corrected chi connectivity index (χ2v) is 4.90. The highest BCUT2D eigenvalue weighted by Crippen LogP contribution is 2.36. The van der Waals surface area contributed by atoms with Gasteiger partial charge in [0, 0.05) is 0 Å². The average molecular weight is 292 g/mol. The molecule has 0 radical (unpaired) electrons. The van der Waals surface area contributed by atoms with Crippen molar-refractivity contribution >= 4 is 33.2 Å². The number of halogens is 4. The third-order valence-corrected chi connectivity index (χ3v) is 3.41. The Morgan fingerprint density at radius 3 is 2.31 bits per heavy atom. The van der Waals surface area contributed by atoms with E-state index < -0.39 is 32.3 Å².